The number of hydrogen-bond acceptors (Lipinski definition) is 6. The highest BCUT2D eigenvalue weighted by atomic mass is 127. The number of carbonyl (C=O) groups excluding carboxylic acids is 1. The fraction of sp³-hybridized carbons (Fsp3) is 0.333. The van der Waals surface area contributed by atoms with E-state index in [2.05, 4.69) is 20.8 Å². The van der Waals surface area contributed by atoms with Gasteiger partial charge >= 0.3 is 0 Å². The minimum absolute atomic E-state index is 0.0257. The molecule has 0 bridgehead atoms. The third-order valence-corrected chi connectivity index (χ3v) is 6.47. The molecule has 10 heteroatoms. The summed E-state index contributed by atoms with van der Waals surface area (Å²) < 4.78 is 26.1. The number of rotatable bonds is 4. The number of sulfone groups is 1. The molecular formula is C12H14IN5O3S. The summed E-state index contributed by atoms with van der Waals surface area (Å²) in [5.74, 6) is -0.307. The Morgan fingerprint density at radius 2 is 2.09 bits per heavy atom. The van der Waals surface area contributed by atoms with Crippen LogP contribution in [0.3, 0.4) is 0 Å². The molecule has 22 heavy (non-hydrogen) atoms. The monoisotopic (exact) mass is 435 g/mol. The average Bonchev–Trinajstić information content (AvgIpc) is 2.84. The summed E-state index contributed by atoms with van der Waals surface area (Å²) in [6.07, 6.45) is 0. The maximum absolute atomic E-state index is 12.3. The van der Waals surface area contributed by atoms with Crippen LogP contribution in [-0.4, -0.2) is 40.3 Å². The van der Waals surface area contributed by atoms with Crippen molar-refractivity contribution in [3.05, 3.63) is 26.8 Å². The first kappa shape index (κ1) is 16.8. The van der Waals surface area contributed by atoms with Crippen LogP contribution < -0.4 is 5.32 Å². The maximum atomic E-state index is 12.3. The number of tetrazole rings is 1. The second kappa shape index (κ2) is 6.28. The van der Waals surface area contributed by atoms with Gasteiger partial charge < -0.3 is 0 Å². The number of amides is 1. The van der Waals surface area contributed by atoms with Crippen LogP contribution in [0.4, 0.5) is 5.95 Å². The van der Waals surface area contributed by atoms with Crippen molar-refractivity contribution in [3.63, 3.8) is 0 Å². The van der Waals surface area contributed by atoms with Crippen LogP contribution in [0, 0.1) is 10.5 Å². The van der Waals surface area contributed by atoms with E-state index < -0.39 is 15.7 Å². The third kappa shape index (κ3) is 3.11. The molecule has 0 aliphatic heterocycles. The first-order valence-electron chi connectivity index (χ1n) is 6.33. The van der Waals surface area contributed by atoms with Crippen molar-refractivity contribution in [2.45, 2.75) is 18.7 Å². The maximum Gasteiger partial charge on any atom is 0.259 e. The van der Waals surface area contributed by atoms with E-state index in [1.807, 2.05) is 22.6 Å². The molecule has 0 unspecified atom stereocenters. The first-order valence-corrected chi connectivity index (χ1v) is 9.06. The molecule has 1 aromatic carbocycles. The van der Waals surface area contributed by atoms with Crippen LogP contribution >= 0.6 is 22.6 Å². The highest BCUT2D eigenvalue weighted by molar-refractivity contribution is 14.1. The second-order valence-electron chi connectivity index (χ2n) is 4.56. The Morgan fingerprint density at radius 1 is 1.41 bits per heavy atom. The van der Waals surface area contributed by atoms with Gasteiger partial charge in [-0.05, 0) is 51.6 Å². The Labute approximate surface area is 141 Å². The molecule has 0 aliphatic rings. The molecule has 1 aromatic heterocycles. The van der Waals surface area contributed by atoms with Gasteiger partial charge in [0, 0.05) is 10.6 Å². The normalized spacial score (nSPS) is 11.5. The minimum atomic E-state index is -3.42. The predicted molar refractivity (Wildman–Crippen MR) is 88.4 cm³/mol. The van der Waals surface area contributed by atoms with Gasteiger partial charge in [-0.1, -0.05) is 18.1 Å². The second-order valence-corrected chi connectivity index (χ2v) is 7.85. The van der Waals surface area contributed by atoms with Crippen molar-refractivity contribution in [2.24, 2.45) is 7.05 Å². The van der Waals surface area contributed by atoms with Gasteiger partial charge in [0.2, 0.25) is 5.95 Å². The molecule has 0 spiro atoms. The van der Waals surface area contributed by atoms with Crippen LogP contribution in [0.2, 0.25) is 0 Å². The van der Waals surface area contributed by atoms with E-state index in [1.54, 1.807) is 33.0 Å². The fourth-order valence-corrected chi connectivity index (χ4v) is 4.95. The summed E-state index contributed by atoms with van der Waals surface area (Å²) in [6, 6.07) is 3.21. The number of hydrogen-bond donors (Lipinski definition) is 1. The van der Waals surface area contributed by atoms with Crippen LogP contribution in [0.25, 0.3) is 0 Å². The number of carbonyl (C=O) groups is 1. The molecular weight excluding hydrogens is 421 g/mol. The van der Waals surface area contributed by atoms with Gasteiger partial charge in [-0.3, -0.25) is 10.1 Å². The molecule has 1 amide bonds. The number of benzene rings is 1. The van der Waals surface area contributed by atoms with Crippen molar-refractivity contribution >= 4 is 44.3 Å². The lowest BCUT2D eigenvalue weighted by Crippen LogP contribution is -2.19. The number of anilines is 1. The Hall–Kier alpha value is -1.56. The lowest BCUT2D eigenvalue weighted by Gasteiger charge is -2.12. The number of aromatic nitrogens is 4. The van der Waals surface area contributed by atoms with Gasteiger partial charge in [0.15, 0.2) is 9.84 Å². The lowest BCUT2D eigenvalue weighted by atomic mass is 10.1. The zero-order valence-electron chi connectivity index (χ0n) is 12.2. The zero-order chi connectivity index (χ0) is 16.5. The summed E-state index contributed by atoms with van der Waals surface area (Å²) in [5.41, 5.74) is 0.879. The van der Waals surface area contributed by atoms with E-state index in [0.29, 0.717) is 9.13 Å². The molecule has 0 saturated carbocycles. The SMILES string of the molecule is CCS(=O)(=O)c1c(C)ccc(C(=O)Nc2nnnn2C)c1I. The van der Waals surface area contributed by atoms with E-state index in [9.17, 15) is 13.2 Å². The van der Waals surface area contributed by atoms with Gasteiger partial charge in [0.25, 0.3) is 5.91 Å². The van der Waals surface area contributed by atoms with Crippen molar-refractivity contribution in [2.75, 3.05) is 11.1 Å². The third-order valence-electron chi connectivity index (χ3n) is 3.08. The first-order chi connectivity index (χ1) is 10.3. The highest BCUT2D eigenvalue weighted by Gasteiger charge is 2.23. The molecule has 8 nitrogen and oxygen atoms in total. The Bertz CT molecular complexity index is 831. The van der Waals surface area contributed by atoms with E-state index >= 15 is 0 Å². The molecule has 0 atom stereocenters. The number of nitrogens with zero attached hydrogens (tertiary/aromatic N) is 4. The van der Waals surface area contributed by atoms with E-state index in [4.69, 9.17) is 0 Å². The van der Waals surface area contributed by atoms with Crippen LogP contribution in [-0.2, 0) is 16.9 Å². The van der Waals surface area contributed by atoms with Gasteiger partial charge in [-0.2, -0.15) is 0 Å². The average molecular weight is 435 g/mol. The molecule has 0 saturated heterocycles. The van der Waals surface area contributed by atoms with E-state index in [1.165, 1.54) is 4.68 Å². The molecule has 2 rings (SSSR count). The Kier molecular flexibility index (Phi) is 4.80. The topological polar surface area (TPSA) is 107 Å². The van der Waals surface area contributed by atoms with Crippen molar-refractivity contribution in [1.82, 2.24) is 20.2 Å². The van der Waals surface area contributed by atoms with Crippen molar-refractivity contribution < 1.29 is 13.2 Å². The molecule has 0 aliphatic carbocycles. The summed E-state index contributed by atoms with van der Waals surface area (Å²) in [7, 11) is -1.83. The molecule has 2 aromatic rings. The van der Waals surface area contributed by atoms with E-state index in [0.717, 1.165) is 0 Å². The quantitative estimate of drug-likeness (QED) is 0.723. The number of nitrogens with one attached hydrogen (secondary N) is 1. The lowest BCUT2D eigenvalue weighted by molar-refractivity contribution is 0.102. The van der Waals surface area contributed by atoms with Crippen LogP contribution in [0.5, 0.6) is 0 Å². The van der Waals surface area contributed by atoms with Gasteiger partial charge in [-0.25, -0.2) is 13.1 Å². The number of halogens is 1. The predicted octanol–water partition coefficient (Wildman–Crippen LogP) is 1.17. The zero-order valence-corrected chi connectivity index (χ0v) is 15.1. The minimum Gasteiger partial charge on any atom is -0.289 e. The standard InChI is InChI=1S/C12H14IN5O3S/c1-4-22(20,21)10-7(2)5-6-8(9(10)13)11(19)14-12-15-16-17-18(12)3/h5-6H,4H2,1-3H3,(H,14,15,17,19). The summed E-state index contributed by atoms with van der Waals surface area (Å²) in [4.78, 5) is 12.5. The molecule has 1 N–H and O–H groups in total. The smallest absolute Gasteiger partial charge is 0.259 e. The molecule has 1 heterocycles. The van der Waals surface area contributed by atoms with Gasteiger partial charge in [0.05, 0.1) is 16.2 Å². The molecule has 0 fully saturated rings. The van der Waals surface area contributed by atoms with Crippen LogP contribution in [0.1, 0.15) is 22.8 Å². The van der Waals surface area contributed by atoms with Crippen molar-refractivity contribution in [3.8, 4) is 0 Å². The number of aryl methyl sites for hydroxylation is 2. The molecule has 118 valence electrons. The fourth-order valence-electron chi connectivity index (χ4n) is 1.86. The summed E-state index contributed by atoms with van der Waals surface area (Å²) in [6.45, 7) is 3.28. The Balaban J connectivity index is 2.47. The highest BCUT2D eigenvalue weighted by Crippen LogP contribution is 2.27. The largest absolute Gasteiger partial charge is 0.289 e. The van der Waals surface area contributed by atoms with Crippen molar-refractivity contribution in [1.29, 1.82) is 0 Å². The summed E-state index contributed by atoms with van der Waals surface area (Å²) >= 11 is 1.88. The Morgan fingerprint density at radius 3 is 2.64 bits per heavy atom. The van der Waals surface area contributed by atoms with Gasteiger partial charge in [-0.15, -0.1) is 0 Å². The van der Waals surface area contributed by atoms with Gasteiger partial charge in [0.1, 0.15) is 0 Å². The van der Waals surface area contributed by atoms with E-state index in [-0.39, 0.29) is 22.2 Å². The summed E-state index contributed by atoms with van der Waals surface area (Å²) in [5, 5.41) is 13.3. The van der Waals surface area contributed by atoms with Crippen LogP contribution in [0.15, 0.2) is 17.0 Å². The molecule has 0 radical (unpaired) electrons.